The fourth-order valence-electron chi connectivity index (χ4n) is 4.40. The summed E-state index contributed by atoms with van der Waals surface area (Å²) in [6.07, 6.45) is 6.69. The highest BCUT2D eigenvalue weighted by Crippen LogP contribution is 2.35. The zero-order valence-corrected chi connectivity index (χ0v) is 17.9. The van der Waals surface area contributed by atoms with E-state index >= 15 is 0 Å². The molecule has 0 radical (unpaired) electrons. The Bertz CT molecular complexity index is 1160. The number of carbonyl (C=O) groups excluding carboxylic acids is 1. The highest BCUT2D eigenvalue weighted by Gasteiger charge is 2.40. The normalized spacial score (nSPS) is 21.2. The Morgan fingerprint density at radius 2 is 1.91 bits per heavy atom. The fourth-order valence-corrected chi connectivity index (χ4v) is 4.40. The number of hydrogen-bond acceptors (Lipinski definition) is 5. The third kappa shape index (κ3) is 3.85. The van der Waals surface area contributed by atoms with Crippen molar-refractivity contribution >= 4 is 17.8 Å². The van der Waals surface area contributed by atoms with E-state index in [1.807, 2.05) is 59.8 Å². The van der Waals surface area contributed by atoms with Crippen LogP contribution in [-0.2, 0) is 4.79 Å². The molecule has 3 heterocycles. The lowest BCUT2D eigenvalue weighted by molar-refractivity contribution is -0.124. The molecule has 3 aliphatic rings. The lowest BCUT2D eigenvalue weighted by Gasteiger charge is -2.30. The SMILES string of the molecule is CC#CC(=O)N1CC[C@H](C2NC(c3ccc(Oc4ccccc4)cc3)=C3C=NC=CN32)C1. The summed E-state index contributed by atoms with van der Waals surface area (Å²) in [5.74, 6) is 7.17. The second kappa shape index (κ2) is 8.64. The first kappa shape index (κ1) is 20.0. The highest BCUT2D eigenvalue weighted by molar-refractivity contribution is 5.94. The monoisotopic (exact) mass is 424 g/mol. The van der Waals surface area contributed by atoms with Crippen LogP contribution in [0.3, 0.4) is 0 Å². The van der Waals surface area contributed by atoms with Gasteiger partial charge in [-0.25, -0.2) is 0 Å². The van der Waals surface area contributed by atoms with E-state index in [-0.39, 0.29) is 12.1 Å². The molecule has 32 heavy (non-hydrogen) atoms. The van der Waals surface area contributed by atoms with Crippen molar-refractivity contribution in [3.05, 3.63) is 78.3 Å². The minimum atomic E-state index is -0.0915. The molecule has 2 atom stereocenters. The van der Waals surface area contributed by atoms with Crippen LogP contribution in [0, 0.1) is 17.8 Å². The van der Waals surface area contributed by atoms with Crippen LogP contribution >= 0.6 is 0 Å². The van der Waals surface area contributed by atoms with Gasteiger partial charge < -0.3 is 19.9 Å². The van der Waals surface area contributed by atoms with E-state index in [1.165, 1.54) is 0 Å². The maximum absolute atomic E-state index is 12.2. The van der Waals surface area contributed by atoms with Crippen molar-refractivity contribution in [1.82, 2.24) is 15.1 Å². The first-order chi connectivity index (χ1) is 15.7. The van der Waals surface area contributed by atoms with Crippen LogP contribution in [0.15, 0.2) is 77.7 Å². The Labute approximate surface area is 187 Å². The van der Waals surface area contributed by atoms with Crippen LogP contribution in [0.25, 0.3) is 5.70 Å². The van der Waals surface area contributed by atoms with E-state index < -0.39 is 0 Å². The number of nitrogens with zero attached hydrogens (tertiary/aromatic N) is 3. The van der Waals surface area contributed by atoms with Crippen LogP contribution in [0.2, 0.25) is 0 Å². The number of benzene rings is 2. The second-order valence-electron chi connectivity index (χ2n) is 7.95. The number of fused-ring (bicyclic) bond motifs is 1. The number of amides is 1. The third-order valence-corrected chi connectivity index (χ3v) is 5.95. The summed E-state index contributed by atoms with van der Waals surface area (Å²) in [5, 5.41) is 3.70. The Hall–Kier alpha value is -3.98. The molecule has 1 N–H and O–H groups in total. The first-order valence-electron chi connectivity index (χ1n) is 10.8. The Morgan fingerprint density at radius 1 is 1.12 bits per heavy atom. The topological polar surface area (TPSA) is 57.2 Å². The maximum Gasteiger partial charge on any atom is 0.298 e. The quantitative estimate of drug-likeness (QED) is 0.759. The number of aliphatic imine (C=N–C) groups is 1. The van der Waals surface area contributed by atoms with E-state index in [4.69, 9.17) is 4.74 Å². The van der Waals surface area contributed by atoms with Crippen molar-refractivity contribution in [1.29, 1.82) is 0 Å². The van der Waals surface area contributed by atoms with Gasteiger partial charge in [-0.1, -0.05) is 24.1 Å². The molecule has 160 valence electrons. The second-order valence-corrected chi connectivity index (χ2v) is 7.95. The van der Waals surface area contributed by atoms with Crippen LogP contribution < -0.4 is 10.1 Å². The molecule has 0 aliphatic carbocycles. The largest absolute Gasteiger partial charge is 0.457 e. The van der Waals surface area contributed by atoms with Crippen LogP contribution in [0.1, 0.15) is 18.9 Å². The lowest BCUT2D eigenvalue weighted by atomic mass is 10.0. The number of rotatable bonds is 4. The molecule has 1 amide bonds. The number of allylic oxidation sites excluding steroid dienone is 1. The average molecular weight is 425 g/mol. The molecule has 1 unspecified atom stereocenters. The van der Waals surface area contributed by atoms with Crippen molar-refractivity contribution in [2.24, 2.45) is 10.9 Å². The molecule has 6 heteroatoms. The van der Waals surface area contributed by atoms with E-state index in [0.29, 0.717) is 12.5 Å². The Morgan fingerprint density at radius 3 is 2.69 bits per heavy atom. The average Bonchev–Trinajstić information content (AvgIpc) is 3.46. The van der Waals surface area contributed by atoms with E-state index in [2.05, 4.69) is 39.2 Å². The van der Waals surface area contributed by atoms with Gasteiger partial charge in [0.05, 0.1) is 17.6 Å². The number of likely N-dealkylation sites (tertiary alicyclic amines) is 1. The lowest BCUT2D eigenvalue weighted by Crippen LogP contribution is -2.43. The zero-order valence-electron chi connectivity index (χ0n) is 17.9. The molecule has 2 aromatic rings. The number of nitrogens with one attached hydrogen (secondary N) is 1. The summed E-state index contributed by atoms with van der Waals surface area (Å²) in [6.45, 7) is 3.12. The highest BCUT2D eigenvalue weighted by atomic mass is 16.5. The van der Waals surface area contributed by atoms with Gasteiger partial charge in [0.1, 0.15) is 17.7 Å². The van der Waals surface area contributed by atoms with Gasteiger partial charge in [-0.15, -0.1) is 0 Å². The van der Waals surface area contributed by atoms with Gasteiger partial charge in [0, 0.05) is 37.0 Å². The summed E-state index contributed by atoms with van der Waals surface area (Å²) < 4.78 is 5.93. The van der Waals surface area contributed by atoms with Gasteiger partial charge >= 0.3 is 0 Å². The molecule has 6 nitrogen and oxygen atoms in total. The van der Waals surface area contributed by atoms with E-state index in [9.17, 15) is 4.79 Å². The molecule has 1 fully saturated rings. The summed E-state index contributed by atoms with van der Waals surface area (Å²) in [5.41, 5.74) is 3.14. The predicted octanol–water partition coefficient (Wildman–Crippen LogP) is 3.81. The molecule has 0 aromatic heterocycles. The molecule has 0 bridgehead atoms. The molecule has 1 saturated heterocycles. The minimum absolute atomic E-state index is 0.0654. The molecule has 0 spiro atoms. The van der Waals surface area contributed by atoms with Crippen LogP contribution in [0.5, 0.6) is 11.5 Å². The van der Waals surface area contributed by atoms with Gasteiger partial charge in [0.25, 0.3) is 5.91 Å². The van der Waals surface area contributed by atoms with Crippen molar-refractivity contribution in [3.8, 4) is 23.3 Å². The third-order valence-electron chi connectivity index (χ3n) is 5.95. The van der Waals surface area contributed by atoms with Gasteiger partial charge in [-0.3, -0.25) is 9.79 Å². The minimum Gasteiger partial charge on any atom is -0.457 e. The maximum atomic E-state index is 12.2. The molecule has 2 aromatic carbocycles. The molecule has 0 saturated carbocycles. The fraction of sp³-hybridized carbons (Fsp3) is 0.231. The smallest absolute Gasteiger partial charge is 0.298 e. The summed E-state index contributed by atoms with van der Waals surface area (Å²) >= 11 is 0. The van der Waals surface area contributed by atoms with Crippen molar-refractivity contribution in [3.63, 3.8) is 0 Å². The first-order valence-corrected chi connectivity index (χ1v) is 10.8. The zero-order chi connectivity index (χ0) is 21.9. The van der Waals surface area contributed by atoms with Gasteiger partial charge in [0.15, 0.2) is 0 Å². The number of hydrogen-bond donors (Lipinski definition) is 1. The molecular formula is C26H24N4O2. The van der Waals surface area contributed by atoms with Crippen molar-refractivity contribution in [2.75, 3.05) is 13.1 Å². The number of carbonyl (C=O) groups is 1. The Kier molecular flexibility index (Phi) is 5.39. The molecular weight excluding hydrogens is 400 g/mol. The molecule has 5 rings (SSSR count). The van der Waals surface area contributed by atoms with E-state index in [0.717, 1.165) is 41.4 Å². The van der Waals surface area contributed by atoms with Crippen LogP contribution in [-0.4, -0.2) is 41.2 Å². The summed E-state index contributed by atoms with van der Waals surface area (Å²) in [7, 11) is 0. The predicted molar refractivity (Wildman–Crippen MR) is 124 cm³/mol. The summed E-state index contributed by atoms with van der Waals surface area (Å²) in [4.78, 5) is 20.6. The molecule has 3 aliphatic heterocycles. The number of para-hydroxylation sites is 1. The van der Waals surface area contributed by atoms with Crippen LogP contribution in [0.4, 0.5) is 0 Å². The van der Waals surface area contributed by atoms with Crippen molar-refractivity contribution in [2.45, 2.75) is 19.5 Å². The number of ether oxygens (including phenoxy) is 1. The van der Waals surface area contributed by atoms with Gasteiger partial charge in [-0.2, -0.15) is 0 Å². The van der Waals surface area contributed by atoms with Crippen molar-refractivity contribution < 1.29 is 9.53 Å². The standard InChI is InChI=1S/C26H24N4O2/c1-2-6-24(31)29-15-13-20(18-29)26-28-25(23-17-27-14-16-30(23)26)19-9-11-22(12-10-19)32-21-7-4-3-5-8-21/h3-5,7-12,14,16-17,20,26,28H,13,15,18H2,1H3/t20-,26?/m0/s1. The summed E-state index contributed by atoms with van der Waals surface area (Å²) in [6, 6.07) is 17.8. The van der Waals surface area contributed by atoms with E-state index in [1.54, 1.807) is 13.1 Å². The Balaban J connectivity index is 1.34. The van der Waals surface area contributed by atoms with Gasteiger partial charge in [-0.05, 0) is 55.7 Å². The van der Waals surface area contributed by atoms with Gasteiger partial charge in [0.2, 0.25) is 0 Å².